The minimum absolute atomic E-state index is 0.290. The summed E-state index contributed by atoms with van der Waals surface area (Å²) < 4.78 is 10.5. The monoisotopic (exact) mass is 226 g/mol. The van der Waals surface area contributed by atoms with Crippen molar-refractivity contribution in [3.63, 3.8) is 0 Å². The zero-order valence-electron chi connectivity index (χ0n) is 9.04. The van der Waals surface area contributed by atoms with E-state index in [0.29, 0.717) is 6.79 Å². The van der Waals surface area contributed by atoms with E-state index in [9.17, 15) is 0 Å². The zero-order valence-corrected chi connectivity index (χ0v) is 9.04. The van der Waals surface area contributed by atoms with Crippen LogP contribution in [-0.2, 0) is 0 Å². The minimum Gasteiger partial charge on any atom is -0.454 e. The van der Waals surface area contributed by atoms with Crippen molar-refractivity contribution < 1.29 is 9.47 Å². The number of ether oxygens (including phenoxy) is 2. The van der Waals surface area contributed by atoms with Crippen LogP contribution in [0.15, 0.2) is 47.7 Å². The van der Waals surface area contributed by atoms with Crippen molar-refractivity contribution in [2.24, 2.45) is 4.99 Å². The third-order valence-electron chi connectivity index (χ3n) is 2.41. The highest BCUT2D eigenvalue weighted by Gasteiger charge is 2.12. The van der Waals surface area contributed by atoms with E-state index in [-0.39, 0.29) is 0 Å². The van der Waals surface area contributed by atoms with Crippen LogP contribution in [0.3, 0.4) is 0 Å². The van der Waals surface area contributed by atoms with Gasteiger partial charge < -0.3 is 9.47 Å². The first-order chi connectivity index (χ1) is 8.42. The first kappa shape index (κ1) is 9.84. The molecule has 2 heterocycles. The molecular weight excluding hydrogens is 216 g/mol. The zero-order chi connectivity index (χ0) is 11.5. The Labute approximate surface area is 98.6 Å². The number of rotatable bonds is 2. The van der Waals surface area contributed by atoms with Crippen LogP contribution in [-0.4, -0.2) is 18.0 Å². The van der Waals surface area contributed by atoms with Crippen molar-refractivity contribution in [2.75, 3.05) is 6.79 Å². The van der Waals surface area contributed by atoms with Gasteiger partial charge in [0.2, 0.25) is 6.79 Å². The van der Waals surface area contributed by atoms with Crippen molar-refractivity contribution >= 4 is 11.9 Å². The average Bonchev–Trinajstić information content (AvgIpc) is 2.85. The summed E-state index contributed by atoms with van der Waals surface area (Å²) in [6, 6.07) is 9.48. The van der Waals surface area contributed by atoms with E-state index in [1.807, 2.05) is 30.3 Å². The molecule has 0 bridgehead atoms. The van der Waals surface area contributed by atoms with Gasteiger partial charge in [-0.15, -0.1) is 0 Å². The van der Waals surface area contributed by atoms with Gasteiger partial charge in [0.05, 0.1) is 11.9 Å². The SMILES string of the molecule is C(=Nc1cccnc1)c1ccc2c(c1)OCO2. The molecule has 0 N–H and O–H groups in total. The maximum absolute atomic E-state index is 5.29. The highest BCUT2D eigenvalue weighted by atomic mass is 16.7. The fourth-order valence-corrected chi connectivity index (χ4v) is 1.57. The van der Waals surface area contributed by atoms with Crippen LogP contribution in [0.4, 0.5) is 5.69 Å². The normalized spacial score (nSPS) is 13.2. The number of hydrogen-bond donors (Lipinski definition) is 0. The highest BCUT2D eigenvalue weighted by Crippen LogP contribution is 2.32. The van der Waals surface area contributed by atoms with Gasteiger partial charge in [0.25, 0.3) is 0 Å². The largest absolute Gasteiger partial charge is 0.454 e. The lowest BCUT2D eigenvalue weighted by atomic mass is 10.2. The second kappa shape index (κ2) is 4.25. The predicted molar refractivity (Wildman–Crippen MR) is 64.1 cm³/mol. The number of aromatic nitrogens is 1. The number of nitrogens with zero attached hydrogens (tertiary/aromatic N) is 2. The summed E-state index contributed by atoms with van der Waals surface area (Å²) in [6.45, 7) is 0.290. The predicted octanol–water partition coefficient (Wildman–Crippen LogP) is 2.56. The van der Waals surface area contributed by atoms with E-state index in [1.165, 1.54) is 0 Å². The van der Waals surface area contributed by atoms with Crippen LogP contribution >= 0.6 is 0 Å². The van der Waals surface area contributed by atoms with Crippen LogP contribution in [0.2, 0.25) is 0 Å². The molecule has 17 heavy (non-hydrogen) atoms. The molecule has 4 heteroatoms. The summed E-state index contributed by atoms with van der Waals surface area (Å²) in [5.74, 6) is 1.55. The van der Waals surface area contributed by atoms with Gasteiger partial charge in [-0.1, -0.05) is 0 Å². The van der Waals surface area contributed by atoms with Crippen molar-refractivity contribution in [3.8, 4) is 11.5 Å². The van der Waals surface area contributed by atoms with Crippen LogP contribution < -0.4 is 9.47 Å². The Balaban J connectivity index is 1.84. The van der Waals surface area contributed by atoms with Gasteiger partial charge in [0.1, 0.15) is 0 Å². The first-order valence-corrected chi connectivity index (χ1v) is 5.25. The van der Waals surface area contributed by atoms with E-state index < -0.39 is 0 Å². The Bertz CT molecular complexity index is 553. The fourth-order valence-electron chi connectivity index (χ4n) is 1.57. The van der Waals surface area contributed by atoms with Crippen LogP contribution in [0, 0.1) is 0 Å². The minimum atomic E-state index is 0.290. The molecule has 1 aromatic heterocycles. The maximum Gasteiger partial charge on any atom is 0.231 e. The lowest BCUT2D eigenvalue weighted by Crippen LogP contribution is -1.92. The molecule has 0 atom stereocenters. The van der Waals surface area contributed by atoms with Gasteiger partial charge >= 0.3 is 0 Å². The Kier molecular flexibility index (Phi) is 2.46. The van der Waals surface area contributed by atoms with Gasteiger partial charge in [0, 0.05) is 12.4 Å². The van der Waals surface area contributed by atoms with E-state index >= 15 is 0 Å². The summed E-state index contributed by atoms with van der Waals surface area (Å²) in [5.41, 5.74) is 1.79. The number of pyridine rings is 1. The molecule has 1 aliphatic rings. The Morgan fingerprint density at radius 3 is 3.00 bits per heavy atom. The molecular formula is C13H10N2O2. The van der Waals surface area contributed by atoms with Crippen molar-refractivity contribution in [2.45, 2.75) is 0 Å². The maximum atomic E-state index is 5.29. The topological polar surface area (TPSA) is 43.7 Å². The Morgan fingerprint density at radius 1 is 1.18 bits per heavy atom. The van der Waals surface area contributed by atoms with Crippen molar-refractivity contribution in [3.05, 3.63) is 48.3 Å². The molecule has 84 valence electrons. The van der Waals surface area contributed by atoms with Crippen LogP contribution in [0.5, 0.6) is 11.5 Å². The molecule has 0 amide bonds. The molecule has 1 aromatic carbocycles. The average molecular weight is 226 g/mol. The third-order valence-corrected chi connectivity index (χ3v) is 2.41. The lowest BCUT2D eigenvalue weighted by molar-refractivity contribution is 0.174. The van der Waals surface area contributed by atoms with Gasteiger partial charge in [-0.05, 0) is 35.9 Å². The Morgan fingerprint density at radius 2 is 2.12 bits per heavy atom. The highest BCUT2D eigenvalue weighted by molar-refractivity contribution is 5.83. The summed E-state index contributed by atoms with van der Waals surface area (Å²) in [7, 11) is 0. The molecule has 0 radical (unpaired) electrons. The van der Waals surface area contributed by atoms with E-state index in [0.717, 1.165) is 22.7 Å². The van der Waals surface area contributed by atoms with Crippen LogP contribution in [0.25, 0.3) is 0 Å². The Hall–Kier alpha value is -2.36. The van der Waals surface area contributed by atoms with Gasteiger partial charge in [-0.2, -0.15) is 0 Å². The van der Waals surface area contributed by atoms with E-state index in [1.54, 1.807) is 18.6 Å². The number of hydrogen-bond acceptors (Lipinski definition) is 4. The fraction of sp³-hybridized carbons (Fsp3) is 0.0769. The molecule has 0 spiro atoms. The smallest absolute Gasteiger partial charge is 0.231 e. The molecule has 2 aromatic rings. The molecule has 3 rings (SSSR count). The summed E-state index contributed by atoms with van der Waals surface area (Å²) in [6.07, 6.45) is 5.21. The summed E-state index contributed by atoms with van der Waals surface area (Å²) in [4.78, 5) is 8.31. The van der Waals surface area contributed by atoms with Crippen LogP contribution in [0.1, 0.15) is 5.56 Å². The summed E-state index contributed by atoms with van der Waals surface area (Å²) in [5, 5.41) is 0. The third kappa shape index (κ3) is 2.10. The number of fused-ring (bicyclic) bond motifs is 1. The molecule has 0 aliphatic carbocycles. The standard InChI is InChI=1S/C13H10N2O2/c1-2-11(8-14-5-1)15-7-10-3-4-12-13(6-10)17-9-16-12/h1-8H,9H2. The first-order valence-electron chi connectivity index (χ1n) is 5.25. The van der Waals surface area contributed by atoms with Gasteiger partial charge in [0.15, 0.2) is 11.5 Å². The molecule has 0 saturated carbocycles. The molecule has 4 nitrogen and oxygen atoms in total. The van der Waals surface area contributed by atoms with E-state index in [2.05, 4.69) is 9.98 Å². The number of benzene rings is 1. The quantitative estimate of drug-likeness (QED) is 0.739. The molecule has 0 saturated heterocycles. The molecule has 0 unspecified atom stereocenters. The second-order valence-corrected chi connectivity index (χ2v) is 3.58. The number of aliphatic imine (C=N–C) groups is 1. The van der Waals surface area contributed by atoms with Crippen molar-refractivity contribution in [1.82, 2.24) is 4.98 Å². The second-order valence-electron chi connectivity index (χ2n) is 3.58. The van der Waals surface area contributed by atoms with E-state index in [4.69, 9.17) is 9.47 Å². The van der Waals surface area contributed by atoms with Gasteiger partial charge in [-0.25, -0.2) is 0 Å². The lowest BCUT2D eigenvalue weighted by Gasteiger charge is -1.97. The molecule has 1 aliphatic heterocycles. The van der Waals surface area contributed by atoms with Gasteiger partial charge in [-0.3, -0.25) is 9.98 Å². The summed E-state index contributed by atoms with van der Waals surface area (Å²) >= 11 is 0. The molecule has 0 fully saturated rings. The van der Waals surface area contributed by atoms with Crippen molar-refractivity contribution in [1.29, 1.82) is 0 Å².